The van der Waals surface area contributed by atoms with Crippen molar-refractivity contribution in [3.8, 4) is 0 Å². The van der Waals surface area contributed by atoms with E-state index in [1.165, 1.54) is 24.8 Å². The summed E-state index contributed by atoms with van der Waals surface area (Å²) in [6, 6.07) is 8.81. The fourth-order valence-corrected chi connectivity index (χ4v) is 4.28. The summed E-state index contributed by atoms with van der Waals surface area (Å²) in [4.78, 5) is 14.5. The number of nitrogens with zero attached hydrogens (tertiary/aromatic N) is 1. The molecule has 1 unspecified atom stereocenters. The van der Waals surface area contributed by atoms with Gasteiger partial charge in [-0.25, -0.2) is 18.0 Å². The van der Waals surface area contributed by atoms with Crippen LogP contribution in [0.5, 0.6) is 0 Å². The van der Waals surface area contributed by atoms with E-state index < -0.39 is 29.2 Å². The Kier molecular flexibility index (Phi) is 12.7. The zero-order valence-electron chi connectivity index (χ0n) is 21.5. The third-order valence-electron chi connectivity index (χ3n) is 6.52. The molecular weight excluding hydrogens is 449 g/mol. The number of hydrogen-bond donors (Lipinski definition) is 1. The number of carbonyl (C=O) groups excluding carboxylic acids is 1. The van der Waals surface area contributed by atoms with Gasteiger partial charge in [0, 0.05) is 25.2 Å². The van der Waals surface area contributed by atoms with Crippen LogP contribution in [-0.2, 0) is 13.0 Å². The Morgan fingerprint density at radius 1 is 0.857 bits per heavy atom. The number of unbranched alkanes of at least 4 members (excludes halogenated alkanes) is 5. The van der Waals surface area contributed by atoms with Crippen molar-refractivity contribution in [1.82, 2.24) is 4.90 Å². The van der Waals surface area contributed by atoms with Crippen LogP contribution < -0.4 is 5.32 Å². The average Bonchev–Trinajstić information content (AvgIpc) is 2.83. The van der Waals surface area contributed by atoms with E-state index in [9.17, 15) is 18.0 Å². The second-order valence-corrected chi connectivity index (χ2v) is 9.45. The molecule has 0 aliphatic rings. The molecule has 0 aliphatic carbocycles. The van der Waals surface area contributed by atoms with Gasteiger partial charge in [0.05, 0.1) is 0 Å². The lowest BCUT2D eigenvalue weighted by Gasteiger charge is -2.24. The zero-order chi connectivity index (χ0) is 25.6. The maximum atomic E-state index is 14.1. The summed E-state index contributed by atoms with van der Waals surface area (Å²) < 4.78 is 41.4. The predicted octanol–water partition coefficient (Wildman–Crippen LogP) is 8.87. The summed E-state index contributed by atoms with van der Waals surface area (Å²) in [5, 5.41) is 2.31. The van der Waals surface area contributed by atoms with Crippen LogP contribution in [0.15, 0.2) is 36.4 Å². The Morgan fingerprint density at radius 2 is 1.46 bits per heavy atom. The van der Waals surface area contributed by atoms with E-state index in [0.29, 0.717) is 31.1 Å². The average molecular weight is 491 g/mol. The highest BCUT2D eigenvalue weighted by molar-refractivity contribution is 5.89. The molecular formula is C29H41F3N2O. The van der Waals surface area contributed by atoms with Gasteiger partial charge in [-0.15, -0.1) is 0 Å². The summed E-state index contributed by atoms with van der Waals surface area (Å²) in [7, 11) is 0. The molecule has 0 aliphatic heterocycles. The molecule has 3 nitrogen and oxygen atoms in total. The normalized spacial score (nSPS) is 11.9. The van der Waals surface area contributed by atoms with Crippen molar-refractivity contribution in [1.29, 1.82) is 0 Å². The number of nitrogens with one attached hydrogen (secondary N) is 1. The minimum absolute atomic E-state index is 0.331. The molecule has 0 radical (unpaired) electrons. The minimum atomic E-state index is -1.13. The molecule has 0 aromatic heterocycles. The molecule has 0 bridgehead atoms. The van der Waals surface area contributed by atoms with Crippen molar-refractivity contribution in [2.24, 2.45) is 5.92 Å². The lowest BCUT2D eigenvalue weighted by Crippen LogP contribution is -2.35. The largest absolute Gasteiger partial charge is 0.322 e. The molecule has 2 aromatic rings. The highest BCUT2D eigenvalue weighted by Crippen LogP contribution is 2.22. The standard InChI is InChI=1S/C29H41F3N2O/c1-4-7-9-10-11-17-34(29(35)33-28-26(31)19-25(30)20-27(28)32)21-24-15-13-23(14-16-24)18-22(6-3)12-8-5-2/h13-16,19-20,22H,4-12,17-18,21H2,1-3H3,(H,33,35). The molecule has 2 amide bonds. The monoisotopic (exact) mass is 490 g/mol. The Balaban J connectivity index is 2.08. The molecule has 0 saturated carbocycles. The van der Waals surface area contributed by atoms with E-state index in [-0.39, 0.29) is 0 Å². The highest BCUT2D eigenvalue weighted by atomic mass is 19.1. The van der Waals surface area contributed by atoms with Crippen LogP contribution in [0.3, 0.4) is 0 Å². The van der Waals surface area contributed by atoms with Crippen LogP contribution in [0.1, 0.15) is 89.7 Å². The SMILES string of the molecule is CCCCCCCN(Cc1ccc(CC(CC)CCCC)cc1)C(=O)Nc1c(F)cc(F)cc1F. The van der Waals surface area contributed by atoms with Gasteiger partial charge in [-0.2, -0.15) is 0 Å². The number of benzene rings is 2. The fraction of sp³-hybridized carbons (Fsp3) is 0.552. The molecule has 0 fully saturated rings. The van der Waals surface area contributed by atoms with Crippen molar-refractivity contribution in [3.63, 3.8) is 0 Å². The third kappa shape index (κ3) is 9.95. The lowest BCUT2D eigenvalue weighted by molar-refractivity contribution is 0.207. The van der Waals surface area contributed by atoms with Crippen molar-refractivity contribution in [2.75, 3.05) is 11.9 Å². The Bertz CT molecular complexity index is 878. The fourth-order valence-electron chi connectivity index (χ4n) is 4.28. The maximum absolute atomic E-state index is 14.1. The van der Waals surface area contributed by atoms with Gasteiger partial charge in [-0.3, -0.25) is 0 Å². The summed E-state index contributed by atoms with van der Waals surface area (Å²) in [6.07, 6.45) is 11.0. The van der Waals surface area contributed by atoms with Gasteiger partial charge in [0.15, 0.2) is 11.6 Å². The van der Waals surface area contributed by atoms with Crippen LogP contribution in [0, 0.1) is 23.4 Å². The van der Waals surface area contributed by atoms with E-state index >= 15 is 0 Å². The van der Waals surface area contributed by atoms with Gasteiger partial charge >= 0.3 is 6.03 Å². The number of anilines is 1. The third-order valence-corrected chi connectivity index (χ3v) is 6.52. The first kappa shape index (κ1) is 28.7. The lowest BCUT2D eigenvalue weighted by atomic mass is 9.92. The molecule has 6 heteroatoms. The number of rotatable bonds is 15. The molecule has 0 spiro atoms. The second-order valence-electron chi connectivity index (χ2n) is 9.45. The van der Waals surface area contributed by atoms with Crippen molar-refractivity contribution in [3.05, 3.63) is 65.0 Å². The smallest absolute Gasteiger partial charge is 0.320 e. The first-order valence-electron chi connectivity index (χ1n) is 13.2. The van der Waals surface area contributed by atoms with Crippen LogP contribution in [0.4, 0.5) is 23.7 Å². The van der Waals surface area contributed by atoms with E-state index in [1.807, 2.05) is 12.1 Å². The number of halogens is 3. The molecule has 0 heterocycles. The Labute approximate surface area is 209 Å². The molecule has 0 saturated heterocycles. The van der Waals surface area contributed by atoms with E-state index in [1.54, 1.807) is 4.90 Å². The molecule has 35 heavy (non-hydrogen) atoms. The Hall–Kier alpha value is -2.50. The summed E-state index contributed by atoms with van der Waals surface area (Å²) in [5.41, 5.74) is 1.61. The number of hydrogen-bond acceptors (Lipinski definition) is 1. The highest BCUT2D eigenvalue weighted by Gasteiger charge is 2.19. The van der Waals surface area contributed by atoms with Gasteiger partial charge in [0.2, 0.25) is 0 Å². The topological polar surface area (TPSA) is 32.3 Å². The molecule has 2 aromatic carbocycles. The van der Waals surface area contributed by atoms with Crippen LogP contribution >= 0.6 is 0 Å². The summed E-state index contributed by atoms with van der Waals surface area (Å²) in [5.74, 6) is -2.61. The number of amides is 2. The zero-order valence-corrected chi connectivity index (χ0v) is 21.5. The van der Waals surface area contributed by atoms with E-state index in [4.69, 9.17) is 0 Å². The van der Waals surface area contributed by atoms with Gasteiger partial charge in [0.25, 0.3) is 0 Å². The van der Waals surface area contributed by atoms with Gasteiger partial charge < -0.3 is 10.2 Å². The summed E-state index contributed by atoms with van der Waals surface area (Å²) >= 11 is 0. The molecule has 1 atom stereocenters. The van der Waals surface area contributed by atoms with Gasteiger partial charge in [0.1, 0.15) is 11.5 Å². The van der Waals surface area contributed by atoms with Gasteiger partial charge in [-0.1, -0.05) is 96.4 Å². The number of urea groups is 1. The van der Waals surface area contributed by atoms with Crippen LogP contribution in [0.2, 0.25) is 0 Å². The summed E-state index contributed by atoms with van der Waals surface area (Å²) in [6.45, 7) is 7.39. The maximum Gasteiger partial charge on any atom is 0.322 e. The van der Waals surface area contributed by atoms with Crippen LogP contribution in [-0.4, -0.2) is 17.5 Å². The van der Waals surface area contributed by atoms with Gasteiger partial charge in [-0.05, 0) is 29.9 Å². The van der Waals surface area contributed by atoms with Crippen molar-refractivity contribution >= 4 is 11.7 Å². The predicted molar refractivity (Wildman–Crippen MR) is 138 cm³/mol. The second kappa shape index (κ2) is 15.5. The van der Waals surface area contributed by atoms with Crippen molar-refractivity contribution < 1.29 is 18.0 Å². The molecule has 2 rings (SSSR count). The van der Waals surface area contributed by atoms with E-state index in [2.05, 4.69) is 38.2 Å². The Morgan fingerprint density at radius 3 is 2.06 bits per heavy atom. The molecule has 1 N–H and O–H groups in total. The quantitative estimate of drug-likeness (QED) is 0.248. The van der Waals surface area contributed by atoms with Crippen LogP contribution in [0.25, 0.3) is 0 Å². The first-order valence-corrected chi connectivity index (χ1v) is 13.2. The van der Waals surface area contributed by atoms with Crippen molar-refractivity contribution in [2.45, 2.75) is 91.5 Å². The first-order chi connectivity index (χ1) is 16.9. The van der Waals surface area contributed by atoms with E-state index in [0.717, 1.165) is 50.5 Å². The number of carbonyl (C=O) groups is 1. The minimum Gasteiger partial charge on any atom is -0.320 e. The molecule has 194 valence electrons.